The van der Waals surface area contributed by atoms with Crippen LogP contribution in [0.25, 0.3) is 22.0 Å². The number of nitrogens with zero attached hydrogens (tertiary/aromatic N) is 1. The zero-order chi connectivity index (χ0) is 16.1. The first kappa shape index (κ1) is 13.8. The van der Waals surface area contributed by atoms with E-state index >= 15 is 0 Å². The fourth-order valence-electron chi connectivity index (χ4n) is 2.93. The maximum Gasteiger partial charge on any atom is 0.357 e. The smallest absolute Gasteiger partial charge is 0.357 e. The van der Waals surface area contributed by atoms with Crippen molar-refractivity contribution < 1.29 is 18.3 Å². The Hall–Kier alpha value is -2.82. The Morgan fingerprint density at radius 3 is 2.74 bits per heavy atom. The lowest BCUT2D eigenvalue weighted by molar-refractivity contribution is 0.0531. The van der Waals surface area contributed by atoms with Crippen molar-refractivity contribution in [2.45, 2.75) is 13.5 Å². The van der Waals surface area contributed by atoms with Crippen molar-refractivity contribution in [3.8, 4) is 11.1 Å². The number of hydrogen-bond donors (Lipinski definition) is 0. The largest absolute Gasteiger partial charge is 0.456 e. The number of aromatic nitrogens is 1. The molecule has 0 radical (unpaired) electrons. The van der Waals surface area contributed by atoms with Crippen LogP contribution < -0.4 is 0 Å². The van der Waals surface area contributed by atoms with E-state index in [1.54, 1.807) is 6.07 Å². The lowest BCUT2D eigenvalue weighted by Gasteiger charge is -2.12. The highest BCUT2D eigenvalue weighted by Crippen LogP contribution is 2.38. The zero-order valence-electron chi connectivity index (χ0n) is 12.2. The van der Waals surface area contributed by atoms with Gasteiger partial charge < -0.3 is 4.74 Å². The van der Waals surface area contributed by atoms with Crippen molar-refractivity contribution in [1.82, 2.24) is 4.98 Å². The third-order valence-electron chi connectivity index (χ3n) is 3.98. The van der Waals surface area contributed by atoms with Crippen LogP contribution in [-0.2, 0) is 11.3 Å². The van der Waals surface area contributed by atoms with Crippen molar-refractivity contribution in [3.05, 3.63) is 64.9 Å². The van der Waals surface area contributed by atoms with E-state index in [1.807, 2.05) is 19.1 Å². The van der Waals surface area contributed by atoms with Gasteiger partial charge in [0, 0.05) is 28.1 Å². The molecule has 1 aliphatic rings. The summed E-state index contributed by atoms with van der Waals surface area (Å²) in [4.78, 5) is 16.2. The first-order valence-electron chi connectivity index (χ1n) is 7.10. The zero-order valence-corrected chi connectivity index (χ0v) is 12.2. The molecule has 0 amide bonds. The standard InChI is InChI=1S/C18H11F2NO2/c1-9-2-5-15-12(6-9)16(11-4-3-10(19)7-14(11)20)13-8-23-18(22)17(13)21-15/h2-7H,8H2,1H3. The SMILES string of the molecule is Cc1ccc2nc3c(c(-c4ccc(F)cc4F)c2c1)COC3=O. The van der Waals surface area contributed by atoms with Gasteiger partial charge in [-0.3, -0.25) is 0 Å². The van der Waals surface area contributed by atoms with Crippen molar-refractivity contribution in [2.24, 2.45) is 0 Å². The molecular weight excluding hydrogens is 300 g/mol. The van der Waals surface area contributed by atoms with Gasteiger partial charge in [0.15, 0.2) is 5.69 Å². The van der Waals surface area contributed by atoms with Gasteiger partial charge in [0.1, 0.15) is 18.2 Å². The number of halogens is 2. The molecule has 0 atom stereocenters. The molecule has 0 N–H and O–H groups in total. The molecule has 1 aliphatic heterocycles. The highest BCUT2D eigenvalue weighted by Gasteiger charge is 2.29. The fourth-order valence-corrected chi connectivity index (χ4v) is 2.93. The Morgan fingerprint density at radius 2 is 1.96 bits per heavy atom. The molecule has 3 aromatic rings. The number of fused-ring (bicyclic) bond motifs is 2. The highest BCUT2D eigenvalue weighted by atomic mass is 19.1. The number of cyclic esters (lactones) is 1. The van der Waals surface area contributed by atoms with E-state index in [0.717, 1.165) is 11.6 Å². The third-order valence-corrected chi connectivity index (χ3v) is 3.98. The van der Waals surface area contributed by atoms with Crippen LogP contribution in [-0.4, -0.2) is 11.0 Å². The minimum absolute atomic E-state index is 0.0389. The van der Waals surface area contributed by atoms with E-state index in [-0.39, 0.29) is 17.9 Å². The van der Waals surface area contributed by atoms with Crippen molar-refractivity contribution >= 4 is 16.9 Å². The Bertz CT molecular complexity index is 982. The molecule has 0 saturated heterocycles. The summed E-state index contributed by atoms with van der Waals surface area (Å²) in [7, 11) is 0. The highest BCUT2D eigenvalue weighted by molar-refractivity contribution is 6.03. The molecule has 0 unspecified atom stereocenters. The van der Waals surface area contributed by atoms with Gasteiger partial charge in [-0.2, -0.15) is 0 Å². The lowest BCUT2D eigenvalue weighted by atomic mass is 9.94. The molecule has 23 heavy (non-hydrogen) atoms. The quantitative estimate of drug-likeness (QED) is 0.634. The van der Waals surface area contributed by atoms with Crippen LogP contribution in [0.5, 0.6) is 0 Å². The summed E-state index contributed by atoms with van der Waals surface area (Å²) < 4.78 is 32.6. The molecular formula is C18H11F2NO2. The predicted molar refractivity (Wildman–Crippen MR) is 81.0 cm³/mol. The van der Waals surface area contributed by atoms with Crippen molar-refractivity contribution in [1.29, 1.82) is 0 Å². The van der Waals surface area contributed by atoms with Gasteiger partial charge in [0.05, 0.1) is 5.52 Å². The molecule has 1 aromatic heterocycles. The maximum absolute atomic E-state index is 14.3. The topological polar surface area (TPSA) is 39.2 Å². The Balaban J connectivity index is 2.15. The van der Waals surface area contributed by atoms with E-state index < -0.39 is 17.6 Å². The number of carbonyl (C=O) groups is 1. The first-order chi connectivity index (χ1) is 11.0. The minimum atomic E-state index is -0.680. The number of esters is 1. The average molecular weight is 311 g/mol. The van der Waals surface area contributed by atoms with Gasteiger partial charge in [0.2, 0.25) is 0 Å². The normalized spacial score (nSPS) is 13.3. The number of carbonyl (C=O) groups excluding carboxylic acids is 1. The molecule has 2 aromatic carbocycles. The molecule has 0 fully saturated rings. The van der Waals surface area contributed by atoms with Gasteiger partial charge in [0.25, 0.3) is 0 Å². The molecule has 114 valence electrons. The van der Waals surface area contributed by atoms with Crippen LogP contribution >= 0.6 is 0 Å². The van der Waals surface area contributed by atoms with Crippen molar-refractivity contribution in [2.75, 3.05) is 0 Å². The van der Waals surface area contributed by atoms with Crippen LogP contribution in [0.4, 0.5) is 8.78 Å². The second-order valence-electron chi connectivity index (χ2n) is 5.53. The second-order valence-corrected chi connectivity index (χ2v) is 5.53. The number of aryl methyl sites for hydroxylation is 1. The fraction of sp³-hybridized carbons (Fsp3) is 0.111. The van der Waals surface area contributed by atoms with Gasteiger partial charge in [-0.1, -0.05) is 11.6 Å². The van der Waals surface area contributed by atoms with E-state index in [2.05, 4.69) is 4.98 Å². The molecule has 0 saturated carbocycles. The number of rotatable bonds is 1. The molecule has 3 nitrogen and oxygen atoms in total. The minimum Gasteiger partial charge on any atom is -0.456 e. The number of ether oxygens (including phenoxy) is 1. The first-order valence-corrected chi connectivity index (χ1v) is 7.10. The van der Waals surface area contributed by atoms with Crippen LogP contribution in [0.2, 0.25) is 0 Å². The molecule has 5 heteroatoms. The number of pyridine rings is 1. The van der Waals surface area contributed by atoms with E-state index in [9.17, 15) is 13.6 Å². The third kappa shape index (κ3) is 2.08. The summed E-state index contributed by atoms with van der Waals surface area (Å²) in [5, 5.41) is 0.715. The second kappa shape index (κ2) is 4.84. The van der Waals surface area contributed by atoms with Crippen LogP contribution in [0.1, 0.15) is 21.6 Å². The Morgan fingerprint density at radius 1 is 1.13 bits per heavy atom. The number of benzene rings is 2. The van der Waals surface area contributed by atoms with E-state index in [0.29, 0.717) is 22.0 Å². The van der Waals surface area contributed by atoms with Gasteiger partial charge >= 0.3 is 5.97 Å². The average Bonchev–Trinajstić information content (AvgIpc) is 2.87. The lowest BCUT2D eigenvalue weighted by Crippen LogP contribution is -2.01. The molecule has 0 bridgehead atoms. The number of hydrogen-bond acceptors (Lipinski definition) is 3. The monoisotopic (exact) mass is 311 g/mol. The van der Waals surface area contributed by atoms with Crippen LogP contribution in [0, 0.1) is 18.6 Å². The maximum atomic E-state index is 14.3. The van der Waals surface area contributed by atoms with Crippen LogP contribution in [0.15, 0.2) is 36.4 Å². The molecule has 2 heterocycles. The van der Waals surface area contributed by atoms with Gasteiger partial charge in [-0.15, -0.1) is 0 Å². The van der Waals surface area contributed by atoms with E-state index in [1.165, 1.54) is 12.1 Å². The Labute approximate surface area is 130 Å². The van der Waals surface area contributed by atoms with Gasteiger partial charge in [-0.05, 0) is 31.2 Å². The summed E-state index contributed by atoms with van der Waals surface area (Å²) in [5.74, 6) is -1.85. The Kier molecular flexibility index (Phi) is 2.91. The summed E-state index contributed by atoms with van der Waals surface area (Å²) in [5.41, 5.74) is 3.06. The summed E-state index contributed by atoms with van der Waals surface area (Å²) in [6.45, 7) is 1.95. The summed E-state index contributed by atoms with van der Waals surface area (Å²) in [6.07, 6.45) is 0. The molecule has 4 rings (SSSR count). The van der Waals surface area contributed by atoms with Crippen molar-refractivity contribution in [3.63, 3.8) is 0 Å². The van der Waals surface area contributed by atoms with Gasteiger partial charge in [-0.25, -0.2) is 18.6 Å². The summed E-state index contributed by atoms with van der Waals surface area (Å²) >= 11 is 0. The predicted octanol–water partition coefficient (Wildman–Crippen LogP) is 4.16. The van der Waals surface area contributed by atoms with E-state index in [4.69, 9.17) is 4.74 Å². The molecule has 0 aliphatic carbocycles. The summed E-state index contributed by atoms with van der Waals surface area (Å²) in [6, 6.07) is 8.94. The van der Waals surface area contributed by atoms with Crippen LogP contribution in [0.3, 0.4) is 0 Å². The molecule has 0 spiro atoms.